The van der Waals surface area contributed by atoms with Crippen LogP contribution in [-0.2, 0) is 10.2 Å². The van der Waals surface area contributed by atoms with E-state index < -0.39 is 5.51 Å². The van der Waals surface area contributed by atoms with Crippen molar-refractivity contribution in [1.29, 1.82) is 0 Å². The molecular formula is C29H38ClF3N4OS. The molecule has 10 heteroatoms. The Labute approximate surface area is 239 Å². The summed E-state index contributed by atoms with van der Waals surface area (Å²) >= 11 is 5.73. The summed E-state index contributed by atoms with van der Waals surface area (Å²) in [6.45, 7) is 12.5. The number of rotatable bonds is 7. The van der Waals surface area contributed by atoms with Gasteiger partial charge in [0.1, 0.15) is 0 Å². The van der Waals surface area contributed by atoms with Gasteiger partial charge >= 0.3 is 5.51 Å². The molecule has 0 spiro atoms. The van der Waals surface area contributed by atoms with Crippen molar-refractivity contribution in [3.8, 4) is 0 Å². The van der Waals surface area contributed by atoms with Crippen LogP contribution in [0.5, 0.6) is 0 Å². The molecule has 2 aromatic carbocycles. The second kappa shape index (κ2) is 12.6. The Morgan fingerprint density at radius 2 is 1.62 bits per heavy atom. The SMILES string of the molecule is CC(C)(C)c1ccc(N2CCN(CCC(=O)N3CCC(Nc4ccc(Cl)c(SC(F)(F)F)c4)CC3)CC2)cc1. The van der Waals surface area contributed by atoms with Crippen molar-refractivity contribution >= 4 is 40.6 Å². The molecular weight excluding hydrogens is 545 g/mol. The molecule has 214 valence electrons. The van der Waals surface area contributed by atoms with Crippen molar-refractivity contribution in [1.82, 2.24) is 9.80 Å². The number of piperazine rings is 1. The highest BCUT2D eigenvalue weighted by molar-refractivity contribution is 8.00. The lowest BCUT2D eigenvalue weighted by Gasteiger charge is -2.37. The minimum Gasteiger partial charge on any atom is -0.382 e. The van der Waals surface area contributed by atoms with Gasteiger partial charge in [-0.15, -0.1) is 0 Å². The number of hydrogen-bond donors (Lipinski definition) is 1. The number of benzene rings is 2. The zero-order valence-corrected chi connectivity index (χ0v) is 24.4. The number of anilines is 2. The molecule has 2 aliphatic rings. The minimum atomic E-state index is -4.39. The maximum Gasteiger partial charge on any atom is 0.446 e. The summed E-state index contributed by atoms with van der Waals surface area (Å²) in [4.78, 5) is 19.5. The Kier molecular flexibility index (Phi) is 9.65. The van der Waals surface area contributed by atoms with Gasteiger partial charge in [-0.05, 0) is 65.9 Å². The lowest BCUT2D eigenvalue weighted by molar-refractivity contribution is -0.132. The van der Waals surface area contributed by atoms with E-state index in [0.717, 1.165) is 45.6 Å². The van der Waals surface area contributed by atoms with Gasteiger partial charge < -0.3 is 15.1 Å². The summed E-state index contributed by atoms with van der Waals surface area (Å²) in [6, 6.07) is 13.6. The molecule has 2 heterocycles. The molecule has 2 aromatic rings. The number of alkyl halides is 3. The number of piperidine rings is 1. The van der Waals surface area contributed by atoms with E-state index in [4.69, 9.17) is 11.6 Å². The maximum absolute atomic E-state index is 12.9. The van der Waals surface area contributed by atoms with Crippen LogP contribution in [-0.4, -0.2) is 73.1 Å². The Hall–Kier alpha value is -2.10. The van der Waals surface area contributed by atoms with Crippen molar-refractivity contribution in [3.63, 3.8) is 0 Å². The van der Waals surface area contributed by atoms with Crippen LogP contribution in [0.2, 0.25) is 5.02 Å². The first-order valence-corrected chi connectivity index (χ1v) is 14.7. The standard InChI is InChI=1S/C29H38ClF3N4OS/c1-28(2,3)21-4-7-24(8-5-21)36-18-16-35(17-19-36)13-12-27(38)37-14-10-22(11-15-37)34-23-6-9-25(30)26(20-23)39-29(31,32)33/h4-9,20,22,34H,10-19H2,1-3H3. The second-order valence-corrected chi connectivity index (χ2v) is 12.9. The van der Waals surface area contributed by atoms with Gasteiger partial charge in [0.05, 0.1) is 5.02 Å². The van der Waals surface area contributed by atoms with Crippen molar-refractivity contribution in [2.45, 2.75) is 61.9 Å². The molecule has 0 unspecified atom stereocenters. The van der Waals surface area contributed by atoms with Crippen LogP contribution in [0.1, 0.15) is 45.6 Å². The molecule has 4 rings (SSSR count). The van der Waals surface area contributed by atoms with Crippen LogP contribution in [0.3, 0.4) is 0 Å². The third-order valence-electron chi connectivity index (χ3n) is 7.49. The van der Waals surface area contributed by atoms with E-state index in [-0.39, 0.29) is 39.0 Å². The molecule has 0 bridgehead atoms. The summed E-state index contributed by atoms with van der Waals surface area (Å²) < 4.78 is 38.4. The predicted octanol–water partition coefficient (Wildman–Crippen LogP) is 6.86. The smallest absolute Gasteiger partial charge is 0.382 e. The fourth-order valence-corrected chi connectivity index (χ4v) is 5.95. The number of amides is 1. The first-order chi connectivity index (χ1) is 18.4. The van der Waals surface area contributed by atoms with Gasteiger partial charge in [-0.25, -0.2) is 0 Å². The third-order valence-corrected chi connectivity index (χ3v) is 8.72. The van der Waals surface area contributed by atoms with Gasteiger partial charge in [-0.3, -0.25) is 9.69 Å². The Bertz CT molecular complexity index is 1110. The second-order valence-electron chi connectivity index (χ2n) is 11.4. The number of nitrogens with one attached hydrogen (secondary N) is 1. The number of halogens is 4. The number of nitrogens with zero attached hydrogens (tertiary/aromatic N) is 3. The van der Waals surface area contributed by atoms with Gasteiger partial charge in [0.25, 0.3) is 0 Å². The average Bonchev–Trinajstić information content (AvgIpc) is 2.89. The Morgan fingerprint density at radius 3 is 2.21 bits per heavy atom. The van der Waals surface area contributed by atoms with E-state index in [2.05, 4.69) is 60.2 Å². The van der Waals surface area contributed by atoms with E-state index in [1.54, 1.807) is 6.07 Å². The monoisotopic (exact) mass is 582 g/mol. The van der Waals surface area contributed by atoms with Crippen molar-refractivity contribution < 1.29 is 18.0 Å². The number of thioether (sulfide) groups is 1. The molecule has 2 saturated heterocycles. The number of likely N-dealkylation sites (tertiary alicyclic amines) is 1. The largest absolute Gasteiger partial charge is 0.446 e. The first-order valence-electron chi connectivity index (χ1n) is 13.5. The van der Waals surface area contributed by atoms with Gasteiger partial charge in [-0.2, -0.15) is 13.2 Å². The van der Waals surface area contributed by atoms with Crippen LogP contribution in [0.15, 0.2) is 47.4 Å². The summed E-state index contributed by atoms with van der Waals surface area (Å²) in [5, 5.41) is 3.40. The molecule has 5 nitrogen and oxygen atoms in total. The molecule has 0 atom stereocenters. The summed E-state index contributed by atoms with van der Waals surface area (Å²) in [5.74, 6) is 0.170. The van der Waals surface area contributed by atoms with Crippen LogP contribution in [0, 0.1) is 0 Å². The van der Waals surface area contributed by atoms with Crippen molar-refractivity contribution in [2.24, 2.45) is 0 Å². The van der Waals surface area contributed by atoms with Crippen LogP contribution < -0.4 is 10.2 Å². The Balaban J connectivity index is 1.17. The van der Waals surface area contributed by atoms with Crippen LogP contribution >= 0.6 is 23.4 Å². The highest BCUT2D eigenvalue weighted by Crippen LogP contribution is 2.41. The van der Waals surface area contributed by atoms with Crippen LogP contribution in [0.25, 0.3) is 0 Å². The summed E-state index contributed by atoms with van der Waals surface area (Å²) in [5.41, 5.74) is -1.04. The number of hydrogen-bond acceptors (Lipinski definition) is 5. The molecule has 1 N–H and O–H groups in total. The molecule has 39 heavy (non-hydrogen) atoms. The molecule has 0 saturated carbocycles. The molecule has 2 aliphatic heterocycles. The summed E-state index contributed by atoms with van der Waals surface area (Å²) in [6.07, 6.45) is 2.01. The van der Waals surface area contributed by atoms with E-state index >= 15 is 0 Å². The quantitative estimate of drug-likeness (QED) is 0.361. The minimum absolute atomic E-state index is 0.0129. The Morgan fingerprint density at radius 1 is 0.974 bits per heavy atom. The molecule has 0 radical (unpaired) electrons. The molecule has 2 fully saturated rings. The molecule has 0 aliphatic carbocycles. The van der Waals surface area contributed by atoms with E-state index in [1.807, 2.05) is 4.90 Å². The van der Waals surface area contributed by atoms with Crippen molar-refractivity contribution in [2.75, 3.05) is 56.0 Å². The highest BCUT2D eigenvalue weighted by Gasteiger charge is 2.31. The molecule has 1 amide bonds. The van der Waals surface area contributed by atoms with E-state index in [0.29, 0.717) is 25.2 Å². The number of carbonyl (C=O) groups excluding carboxylic acids is 1. The van der Waals surface area contributed by atoms with Gasteiger partial charge in [-0.1, -0.05) is 44.5 Å². The summed E-state index contributed by atoms with van der Waals surface area (Å²) in [7, 11) is 0. The first kappa shape index (κ1) is 29.9. The van der Waals surface area contributed by atoms with Gasteiger partial charge in [0.15, 0.2) is 0 Å². The lowest BCUT2D eigenvalue weighted by Crippen LogP contribution is -2.48. The topological polar surface area (TPSA) is 38.8 Å². The lowest BCUT2D eigenvalue weighted by atomic mass is 9.87. The zero-order chi connectivity index (χ0) is 28.2. The maximum atomic E-state index is 12.9. The van der Waals surface area contributed by atoms with Crippen molar-refractivity contribution in [3.05, 3.63) is 53.1 Å². The van der Waals surface area contributed by atoms with Gasteiger partial charge in [0, 0.05) is 74.5 Å². The fourth-order valence-electron chi connectivity index (χ4n) is 5.12. The molecule has 0 aromatic heterocycles. The van der Waals surface area contributed by atoms with E-state index in [1.165, 1.54) is 23.4 Å². The van der Waals surface area contributed by atoms with E-state index in [9.17, 15) is 18.0 Å². The van der Waals surface area contributed by atoms with Gasteiger partial charge in [0.2, 0.25) is 5.91 Å². The third kappa shape index (κ3) is 8.69. The average molecular weight is 583 g/mol. The highest BCUT2D eigenvalue weighted by atomic mass is 35.5. The zero-order valence-electron chi connectivity index (χ0n) is 22.9. The van der Waals surface area contributed by atoms with Crippen LogP contribution in [0.4, 0.5) is 24.5 Å². The fraction of sp³-hybridized carbons (Fsp3) is 0.552. The number of carbonyl (C=O) groups is 1. The predicted molar refractivity (Wildman–Crippen MR) is 155 cm³/mol. The normalized spacial score (nSPS) is 17.9.